The summed E-state index contributed by atoms with van der Waals surface area (Å²) in [7, 11) is -3.52. The van der Waals surface area contributed by atoms with Crippen LogP contribution in [-0.2, 0) is 14.8 Å². The molecule has 3 N–H and O–H groups in total. The van der Waals surface area contributed by atoms with E-state index in [9.17, 15) is 8.42 Å². The van der Waals surface area contributed by atoms with Crippen molar-refractivity contribution in [1.82, 2.24) is 15.2 Å². The number of thiocarbonyl (C=S) groups is 1. The van der Waals surface area contributed by atoms with Crippen LogP contribution < -0.4 is 16.2 Å². The second-order valence-corrected chi connectivity index (χ2v) is 11.4. The number of benzene rings is 1. The second-order valence-electron chi connectivity index (χ2n) is 9.08. The van der Waals surface area contributed by atoms with Gasteiger partial charge in [-0.15, -0.1) is 0 Å². The lowest BCUT2D eigenvalue weighted by Crippen LogP contribution is -2.40. The molecule has 0 bridgehead atoms. The number of morpholine rings is 1. The molecule has 33 heavy (non-hydrogen) atoms. The highest BCUT2D eigenvalue weighted by Crippen LogP contribution is 2.41. The normalized spacial score (nSPS) is 21.3. The zero-order valence-corrected chi connectivity index (χ0v) is 21.2. The monoisotopic (exact) mass is 490 g/mol. The topological polar surface area (TPSA) is 82.7 Å². The molecule has 1 saturated heterocycles. The van der Waals surface area contributed by atoms with Gasteiger partial charge in [0.25, 0.3) is 0 Å². The van der Waals surface area contributed by atoms with Gasteiger partial charge in [-0.05, 0) is 67.7 Å². The van der Waals surface area contributed by atoms with Gasteiger partial charge in [-0.25, -0.2) is 8.42 Å². The predicted octanol–water partition coefficient (Wildman–Crippen LogP) is 3.95. The van der Waals surface area contributed by atoms with Crippen LogP contribution in [0, 0.1) is 11.3 Å². The van der Waals surface area contributed by atoms with Gasteiger partial charge in [0, 0.05) is 30.4 Å². The fraction of sp³-hybridized carbons (Fsp3) is 0.458. The molecule has 3 rings (SSSR count). The van der Waals surface area contributed by atoms with Crippen LogP contribution in [0.25, 0.3) is 0 Å². The van der Waals surface area contributed by atoms with Gasteiger partial charge in [-0.2, -0.15) is 4.31 Å². The predicted molar refractivity (Wildman–Crippen MR) is 137 cm³/mol. The van der Waals surface area contributed by atoms with E-state index in [-0.39, 0.29) is 10.3 Å². The average Bonchev–Trinajstić information content (AvgIpc) is 2.78. The van der Waals surface area contributed by atoms with Crippen molar-refractivity contribution in [3.05, 3.63) is 60.3 Å². The lowest BCUT2D eigenvalue weighted by Gasteiger charge is -2.36. The zero-order valence-electron chi connectivity index (χ0n) is 19.6. The molecule has 1 heterocycles. The Balaban J connectivity index is 1.50. The molecule has 1 aromatic carbocycles. The molecule has 0 amide bonds. The minimum absolute atomic E-state index is 0.224. The molecule has 7 nitrogen and oxygen atoms in total. The van der Waals surface area contributed by atoms with E-state index >= 15 is 0 Å². The Labute approximate surface area is 203 Å². The van der Waals surface area contributed by atoms with Crippen molar-refractivity contribution in [1.29, 1.82) is 0 Å². The highest BCUT2D eigenvalue weighted by molar-refractivity contribution is 7.89. The standard InChI is InChI=1S/C24H34N4O3S2/c1-18-6-5-13-24(3,4)22(18)12-7-19(2)26-27-23(32)25-20-8-10-21(11-9-20)33(29,30)28-14-16-31-17-15-28/h6-12,22,26H,2,5,13-17H2,1,3-4H3,(H2,25,27,32)/b12-7+/t22-/m1/s1. The van der Waals surface area contributed by atoms with Crippen molar-refractivity contribution in [3.8, 4) is 0 Å². The number of ether oxygens (including phenoxy) is 1. The maximum absolute atomic E-state index is 12.7. The number of nitrogens with one attached hydrogen (secondary N) is 3. The summed E-state index contributed by atoms with van der Waals surface area (Å²) in [6, 6.07) is 6.53. The van der Waals surface area contributed by atoms with Crippen LogP contribution in [0.5, 0.6) is 0 Å². The maximum Gasteiger partial charge on any atom is 0.243 e. The first-order valence-corrected chi connectivity index (χ1v) is 13.0. The number of hydrazine groups is 1. The van der Waals surface area contributed by atoms with E-state index in [1.165, 1.54) is 9.88 Å². The minimum Gasteiger partial charge on any atom is -0.379 e. The maximum atomic E-state index is 12.7. The van der Waals surface area contributed by atoms with Crippen LogP contribution in [0.3, 0.4) is 0 Å². The molecular weight excluding hydrogens is 456 g/mol. The minimum atomic E-state index is -3.52. The van der Waals surface area contributed by atoms with Crippen molar-refractivity contribution in [2.24, 2.45) is 11.3 Å². The van der Waals surface area contributed by atoms with Gasteiger partial charge < -0.3 is 10.1 Å². The van der Waals surface area contributed by atoms with Crippen LogP contribution in [0.2, 0.25) is 0 Å². The van der Waals surface area contributed by atoms with E-state index in [0.29, 0.717) is 48.7 Å². The largest absolute Gasteiger partial charge is 0.379 e. The Morgan fingerprint density at radius 2 is 1.88 bits per heavy atom. The number of rotatable bonds is 7. The fourth-order valence-electron chi connectivity index (χ4n) is 4.18. The van der Waals surface area contributed by atoms with E-state index in [2.05, 4.69) is 55.7 Å². The van der Waals surface area contributed by atoms with Gasteiger partial charge in [-0.1, -0.05) is 38.2 Å². The molecule has 180 valence electrons. The van der Waals surface area contributed by atoms with Gasteiger partial charge in [0.2, 0.25) is 10.0 Å². The second kappa shape index (κ2) is 10.8. The van der Waals surface area contributed by atoms with Crippen LogP contribution >= 0.6 is 12.2 Å². The first-order valence-electron chi connectivity index (χ1n) is 11.1. The lowest BCUT2D eigenvalue weighted by atomic mass is 9.68. The summed E-state index contributed by atoms with van der Waals surface area (Å²) in [5.41, 5.74) is 8.89. The Morgan fingerprint density at radius 3 is 2.52 bits per heavy atom. The third kappa shape index (κ3) is 6.66. The summed E-state index contributed by atoms with van der Waals surface area (Å²) < 4.78 is 32.1. The van der Waals surface area contributed by atoms with E-state index in [1.54, 1.807) is 24.3 Å². The van der Waals surface area contributed by atoms with Crippen LogP contribution in [0.4, 0.5) is 5.69 Å². The molecule has 1 atom stereocenters. The Bertz CT molecular complexity index is 1020. The number of hydrogen-bond donors (Lipinski definition) is 3. The van der Waals surface area contributed by atoms with E-state index in [1.807, 2.05) is 6.08 Å². The number of sulfonamides is 1. The summed E-state index contributed by atoms with van der Waals surface area (Å²) in [5, 5.41) is 3.39. The summed E-state index contributed by atoms with van der Waals surface area (Å²) in [6.45, 7) is 12.4. The number of allylic oxidation sites excluding steroid dienone is 4. The van der Waals surface area contributed by atoms with Crippen molar-refractivity contribution in [2.45, 2.75) is 38.5 Å². The number of nitrogens with zero attached hydrogens (tertiary/aromatic N) is 1. The molecule has 1 fully saturated rings. The van der Waals surface area contributed by atoms with Crippen LogP contribution in [0.1, 0.15) is 33.6 Å². The molecule has 2 aliphatic rings. The third-order valence-corrected chi connectivity index (χ3v) is 8.25. The van der Waals surface area contributed by atoms with Crippen LogP contribution in [-0.4, -0.2) is 44.1 Å². The molecule has 0 unspecified atom stereocenters. The molecule has 0 spiro atoms. The zero-order chi connectivity index (χ0) is 24.1. The first kappa shape index (κ1) is 25.4. The van der Waals surface area contributed by atoms with Crippen molar-refractivity contribution < 1.29 is 13.2 Å². The third-order valence-electron chi connectivity index (χ3n) is 6.13. The highest BCUT2D eigenvalue weighted by atomic mass is 32.2. The Kier molecular flexibility index (Phi) is 8.33. The summed E-state index contributed by atoms with van der Waals surface area (Å²) in [6.07, 6.45) is 8.76. The van der Waals surface area contributed by atoms with Crippen molar-refractivity contribution in [2.75, 3.05) is 31.6 Å². The van der Waals surface area contributed by atoms with Gasteiger partial charge in [-0.3, -0.25) is 10.9 Å². The smallest absolute Gasteiger partial charge is 0.243 e. The molecular formula is C24H34N4O3S2. The highest BCUT2D eigenvalue weighted by Gasteiger charge is 2.30. The lowest BCUT2D eigenvalue weighted by molar-refractivity contribution is 0.0730. The summed E-state index contributed by atoms with van der Waals surface area (Å²) in [4.78, 5) is 0.250. The van der Waals surface area contributed by atoms with E-state index < -0.39 is 10.0 Å². The van der Waals surface area contributed by atoms with Gasteiger partial charge in [0.1, 0.15) is 0 Å². The van der Waals surface area contributed by atoms with E-state index in [0.717, 1.165) is 12.8 Å². The molecule has 9 heteroatoms. The average molecular weight is 491 g/mol. The molecule has 1 aliphatic heterocycles. The Morgan fingerprint density at radius 1 is 1.21 bits per heavy atom. The number of anilines is 1. The van der Waals surface area contributed by atoms with Gasteiger partial charge >= 0.3 is 0 Å². The van der Waals surface area contributed by atoms with Crippen molar-refractivity contribution in [3.63, 3.8) is 0 Å². The molecule has 0 saturated carbocycles. The molecule has 0 radical (unpaired) electrons. The molecule has 0 aromatic heterocycles. The van der Waals surface area contributed by atoms with E-state index in [4.69, 9.17) is 17.0 Å². The SMILES string of the molecule is C=C(/C=C/[C@@H]1C(C)=CCCC1(C)C)NNC(=S)Nc1ccc(S(=O)(=O)N2CCOCC2)cc1. The summed E-state index contributed by atoms with van der Waals surface area (Å²) in [5.74, 6) is 0.377. The summed E-state index contributed by atoms with van der Waals surface area (Å²) >= 11 is 5.33. The quantitative estimate of drug-likeness (QED) is 0.231. The van der Waals surface area contributed by atoms with Gasteiger partial charge in [0.15, 0.2) is 5.11 Å². The van der Waals surface area contributed by atoms with Crippen LogP contribution in [0.15, 0.2) is 65.2 Å². The fourth-order valence-corrected chi connectivity index (χ4v) is 5.76. The number of hydrogen-bond acceptors (Lipinski definition) is 5. The first-order chi connectivity index (χ1) is 15.6. The Hall–Kier alpha value is -2.20. The molecule has 1 aliphatic carbocycles. The molecule has 1 aromatic rings. The van der Waals surface area contributed by atoms with Gasteiger partial charge in [0.05, 0.1) is 18.1 Å². The van der Waals surface area contributed by atoms with Crippen molar-refractivity contribution >= 4 is 33.0 Å².